The number of nitrogens with one attached hydrogen (secondary N) is 2. The zero-order chi connectivity index (χ0) is 43.0. The smallest absolute Gasteiger partial charge is 0.252 e. The summed E-state index contributed by atoms with van der Waals surface area (Å²) in [5.41, 5.74) is 1.47. The standard InChI is InChI=1S/C21H25Cl2N3O3S.C20H23Cl2N3O3S/c1-15(2)30(28,29)26-11-8-21(9-12-26,19-5-3-4-10-24-19)14-25-20(27)17-7-6-16(22)13-18(17)23;1-2-29(27,28)25-11-8-20(9-12-25,18-5-3-4-10-23-18)14-24-19(26)16-7-6-15(21)13-17(16)22/h3-7,10,13,15H,8-9,11-12,14H2,1-2H3,(H,25,27);3-7,10,13H,2,8-9,11-12,14H2,1H3,(H,24,26). The van der Waals surface area contributed by atoms with Crippen LogP contribution in [0.5, 0.6) is 0 Å². The number of hydrogen-bond acceptors (Lipinski definition) is 8. The number of halogens is 4. The van der Waals surface area contributed by atoms with Gasteiger partial charge in [-0.3, -0.25) is 19.6 Å². The topological polar surface area (TPSA) is 159 Å². The summed E-state index contributed by atoms with van der Waals surface area (Å²) in [6.45, 7) is 7.24. The molecule has 4 aromatic rings. The second-order valence-electron chi connectivity index (χ2n) is 14.9. The molecule has 318 valence electrons. The minimum Gasteiger partial charge on any atom is -0.351 e. The van der Waals surface area contributed by atoms with Crippen molar-refractivity contribution in [1.29, 1.82) is 0 Å². The van der Waals surface area contributed by atoms with Crippen LogP contribution in [0.25, 0.3) is 0 Å². The van der Waals surface area contributed by atoms with Crippen LogP contribution in [0.3, 0.4) is 0 Å². The summed E-state index contributed by atoms with van der Waals surface area (Å²) in [7, 11) is -6.56. The van der Waals surface area contributed by atoms with Gasteiger partial charge in [0.15, 0.2) is 0 Å². The maximum Gasteiger partial charge on any atom is 0.252 e. The van der Waals surface area contributed by atoms with Crippen LogP contribution in [0.4, 0.5) is 0 Å². The van der Waals surface area contributed by atoms with Gasteiger partial charge in [0.2, 0.25) is 20.0 Å². The summed E-state index contributed by atoms with van der Waals surface area (Å²) >= 11 is 24.1. The molecule has 2 aliphatic heterocycles. The molecule has 0 aliphatic carbocycles. The van der Waals surface area contributed by atoms with Gasteiger partial charge < -0.3 is 10.6 Å². The molecule has 59 heavy (non-hydrogen) atoms. The zero-order valence-corrected chi connectivity index (χ0v) is 37.7. The fourth-order valence-electron chi connectivity index (χ4n) is 7.28. The van der Waals surface area contributed by atoms with Crippen molar-refractivity contribution in [2.45, 2.75) is 62.5 Å². The molecule has 12 nitrogen and oxygen atoms in total. The summed E-state index contributed by atoms with van der Waals surface area (Å²) < 4.78 is 52.7. The van der Waals surface area contributed by atoms with E-state index in [0.717, 1.165) is 11.4 Å². The number of piperidine rings is 2. The Kier molecular flexibility index (Phi) is 15.9. The first-order chi connectivity index (χ1) is 27.9. The normalized spacial score (nSPS) is 17.1. The highest BCUT2D eigenvalue weighted by molar-refractivity contribution is 7.89. The predicted molar refractivity (Wildman–Crippen MR) is 235 cm³/mol. The zero-order valence-electron chi connectivity index (χ0n) is 33.0. The third kappa shape index (κ3) is 11.3. The van der Waals surface area contributed by atoms with Crippen LogP contribution in [-0.2, 0) is 30.9 Å². The number of nitrogens with zero attached hydrogens (tertiary/aromatic N) is 4. The third-order valence-corrected chi connectivity index (χ3v) is 16.3. The highest BCUT2D eigenvalue weighted by Crippen LogP contribution is 2.37. The first kappa shape index (κ1) is 46.7. The maximum absolute atomic E-state index is 12.7. The van der Waals surface area contributed by atoms with Crippen molar-refractivity contribution in [2.75, 3.05) is 45.0 Å². The summed E-state index contributed by atoms with van der Waals surface area (Å²) in [4.78, 5) is 34.5. The Morgan fingerprint density at radius 2 is 1.07 bits per heavy atom. The Labute approximate surface area is 367 Å². The number of pyridine rings is 2. The molecule has 0 saturated carbocycles. The van der Waals surface area contributed by atoms with Gasteiger partial charge in [0.05, 0.1) is 32.2 Å². The van der Waals surface area contributed by atoms with E-state index < -0.39 is 36.1 Å². The minimum atomic E-state index is -3.32. The summed E-state index contributed by atoms with van der Waals surface area (Å²) in [5.74, 6) is -0.523. The molecule has 2 N–H and O–H groups in total. The van der Waals surface area contributed by atoms with E-state index in [-0.39, 0.29) is 27.6 Å². The van der Waals surface area contributed by atoms with Crippen molar-refractivity contribution in [1.82, 2.24) is 29.2 Å². The van der Waals surface area contributed by atoms with Gasteiger partial charge in [-0.05, 0) is 107 Å². The van der Waals surface area contributed by atoms with Gasteiger partial charge >= 0.3 is 0 Å². The fourth-order valence-corrected chi connectivity index (χ4v) is 10.7. The second-order valence-corrected chi connectivity index (χ2v) is 21.3. The Hall–Kier alpha value is -3.34. The highest BCUT2D eigenvalue weighted by Gasteiger charge is 2.42. The van der Waals surface area contributed by atoms with Gasteiger partial charge in [0.25, 0.3) is 11.8 Å². The van der Waals surface area contributed by atoms with Crippen LogP contribution < -0.4 is 10.6 Å². The first-order valence-electron chi connectivity index (χ1n) is 19.2. The Morgan fingerprint density at radius 3 is 1.41 bits per heavy atom. The lowest BCUT2D eigenvalue weighted by molar-refractivity contribution is 0.0925. The molecule has 2 fully saturated rings. The summed E-state index contributed by atoms with van der Waals surface area (Å²) in [6.07, 6.45) is 5.68. The van der Waals surface area contributed by atoms with Crippen LogP contribution in [0.15, 0.2) is 85.2 Å². The molecule has 2 aromatic heterocycles. The van der Waals surface area contributed by atoms with Crippen molar-refractivity contribution in [3.63, 3.8) is 0 Å². The van der Waals surface area contributed by atoms with Crippen LogP contribution in [0.2, 0.25) is 20.1 Å². The predicted octanol–water partition coefficient (Wildman–Crippen LogP) is 7.39. The molecule has 0 radical (unpaired) electrons. The maximum atomic E-state index is 12.7. The molecule has 2 amide bonds. The number of sulfonamides is 2. The molecule has 0 atom stereocenters. The van der Waals surface area contributed by atoms with Gasteiger partial charge in [-0.25, -0.2) is 25.4 Å². The van der Waals surface area contributed by atoms with E-state index >= 15 is 0 Å². The van der Waals surface area contributed by atoms with E-state index in [1.165, 1.54) is 20.7 Å². The number of aromatic nitrogens is 2. The van der Waals surface area contributed by atoms with Crippen molar-refractivity contribution in [2.24, 2.45) is 0 Å². The lowest BCUT2D eigenvalue weighted by Gasteiger charge is -2.41. The van der Waals surface area contributed by atoms with Gasteiger partial charge in [-0.15, -0.1) is 0 Å². The number of rotatable bonds is 12. The van der Waals surface area contributed by atoms with Crippen LogP contribution >= 0.6 is 46.4 Å². The summed E-state index contributed by atoms with van der Waals surface area (Å²) in [6, 6.07) is 20.8. The molecule has 2 saturated heterocycles. The first-order valence-corrected chi connectivity index (χ1v) is 23.8. The van der Waals surface area contributed by atoms with E-state index in [0.29, 0.717) is 86.1 Å². The second kappa shape index (κ2) is 20.0. The van der Waals surface area contributed by atoms with E-state index in [9.17, 15) is 26.4 Å². The largest absolute Gasteiger partial charge is 0.351 e. The number of carbonyl (C=O) groups excluding carboxylic acids is 2. The quantitative estimate of drug-likeness (QED) is 0.149. The SMILES string of the molecule is CC(C)S(=O)(=O)N1CCC(CNC(=O)c2ccc(Cl)cc2Cl)(c2ccccn2)CC1.CCS(=O)(=O)N1CCC(CNC(=O)c2ccc(Cl)cc2Cl)(c2ccccn2)CC1. The average Bonchev–Trinajstić information content (AvgIpc) is 3.23. The van der Waals surface area contributed by atoms with E-state index in [1.807, 2.05) is 36.4 Å². The third-order valence-electron chi connectivity index (χ3n) is 11.0. The number of carbonyl (C=O) groups is 2. The molecule has 0 spiro atoms. The number of amides is 2. The molecule has 18 heteroatoms. The van der Waals surface area contributed by atoms with Crippen molar-refractivity contribution >= 4 is 78.3 Å². The van der Waals surface area contributed by atoms with E-state index in [1.54, 1.807) is 57.4 Å². The van der Waals surface area contributed by atoms with Crippen LogP contribution in [-0.4, -0.2) is 97.5 Å². The lowest BCUT2D eigenvalue weighted by Crippen LogP contribution is -2.51. The Morgan fingerprint density at radius 1 is 0.661 bits per heavy atom. The van der Waals surface area contributed by atoms with Crippen LogP contribution in [0.1, 0.15) is 78.6 Å². The van der Waals surface area contributed by atoms with Crippen molar-refractivity contribution < 1.29 is 26.4 Å². The molecule has 0 unspecified atom stereocenters. The molecular formula is C41H48Cl4N6O6S2. The van der Waals surface area contributed by atoms with Gasteiger partial charge in [-0.1, -0.05) is 58.5 Å². The van der Waals surface area contributed by atoms with E-state index in [2.05, 4.69) is 20.6 Å². The Bertz CT molecular complexity index is 2310. The fraction of sp³-hybridized carbons (Fsp3) is 0.415. The van der Waals surface area contributed by atoms with Gasteiger partial charge in [0.1, 0.15) is 0 Å². The number of benzene rings is 2. The lowest BCUT2D eigenvalue weighted by atomic mass is 9.75. The molecule has 0 bridgehead atoms. The van der Waals surface area contributed by atoms with Gasteiger partial charge in [-0.2, -0.15) is 0 Å². The van der Waals surface area contributed by atoms with E-state index in [4.69, 9.17) is 46.4 Å². The Balaban J connectivity index is 0.000000224. The molecule has 4 heterocycles. The summed E-state index contributed by atoms with van der Waals surface area (Å²) in [5, 5.41) is 6.95. The molecule has 6 rings (SSSR count). The molecule has 2 aromatic carbocycles. The van der Waals surface area contributed by atoms with Crippen LogP contribution in [0, 0.1) is 0 Å². The molecular weight excluding hydrogens is 878 g/mol. The highest BCUT2D eigenvalue weighted by atomic mass is 35.5. The van der Waals surface area contributed by atoms with Crippen molar-refractivity contribution in [3.05, 3.63) is 128 Å². The average molecular weight is 927 g/mol. The van der Waals surface area contributed by atoms with Crippen molar-refractivity contribution in [3.8, 4) is 0 Å². The minimum absolute atomic E-state index is 0.0788. The van der Waals surface area contributed by atoms with Gasteiger partial charge in [0, 0.05) is 83.9 Å². The molecule has 2 aliphatic rings. The number of hydrogen-bond donors (Lipinski definition) is 2. The monoisotopic (exact) mass is 924 g/mol.